The lowest BCUT2D eigenvalue weighted by atomic mass is 10.3. The first-order valence-corrected chi connectivity index (χ1v) is 8.47. The monoisotopic (exact) mass is 377 g/mol. The standard InChI is InChI=1S/C19H20ClNO5/c1-3-24-16-10-6-15(7-11-16)21-18(22)12-25-19(23)13(2)26-17-8-4-14(20)5-9-17/h4-11,13H,3,12H2,1-2H3,(H,21,22)/t13-/m0/s1. The lowest BCUT2D eigenvalue weighted by Gasteiger charge is -2.14. The summed E-state index contributed by atoms with van der Waals surface area (Å²) in [6.07, 6.45) is -0.852. The van der Waals surface area contributed by atoms with Gasteiger partial charge in [0.05, 0.1) is 6.61 Å². The van der Waals surface area contributed by atoms with E-state index in [9.17, 15) is 9.59 Å². The number of rotatable bonds is 8. The van der Waals surface area contributed by atoms with Crippen LogP contribution in [0.5, 0.6) is 11.5 Å². The van der Waals surface area contributed by atoms with Gasteiger partial charge in [0, 0.05) is 10.7 Å². The van der Waals surface area contributed by atoms with Crippen molar-refractivity contribution in [2.75, 3.05) is 18.5 Å². The molecule has 138 valence electrons. The fourth-order valence-corrected chi connectivity index (χ4v) is 2.14. The molecule has 0 saturated heterocycles. The van der Waals surface area contributed by atoms with Crippen LogP contribution in [0.1, 0.15) is 13.8 Å². The number of hydrogen-bond acceptors (Lipinski definition) is 5. The van der Waals surface area contributed by atoms with Crippen LogP contribution in [-0.4, -0.2) is 31.2 Å². The van der Waals surface area contributed by atoms with E-state index >= 15 is 0 Å². The zero-order valence-corrected chi connectivity index (χ0v) is 15.3. The number of carbonyl (C=O) groups is 2. The molecule has 2 rings (SSSR count). The van der Waals surface area contributed by atoms with E-state index in [-0.39, 0.29) is 0 Å². The molecular formula is C19H20ClNO5. The third-order valence-corrected chi connectivity index (χ3v) is 3.51. The first-order valence-electron chi connectivity index (χ1n) is 8.09. The number of benzene rings is 2. The molecule has 1 amide bonds. The maximum absolute atomic E-state index is 11.9. The van der Waals surface area contributed by atoms with E-state index in [1.54, 1.807) is 55.5 Å². The molecule has 0 heterocycles. The molecule has 0 bridgehead atoms. The molecule has 6 nitrogen and oxygen atoms in total. The van der Waals surface area contributed by atoms with Crippen molar-refractivity contribution in [3.8, 4) is 11.5 Å². The topological polar surface area (TPSA) is 73.9 Å². The number of halogens is 1. The van der Waals surface area contributed by atoms with Gasteiger partial charge in [0.1, 0.15) is 11.5 Å². The average Bonchev–Trinajstić information content (AvgIpc) is 2.63. The van der Waals surface area contributed by atoms with E-state index in [0.29, 0.717) is 28.8 Å². The molecule has 0 spiro atoms. The predicted octanol–water partition coefficient (Wildman–Crippen LogP) is 3.69. The van der Waals surface area contributed by atoms with Gasteiger partial charge in [-0.15, -0.1) is 0 Å². The third kappa shape index (κ3) is 6.29. The molecule has 0 aliphatic carbocycles. The minimum absolute atomic E-state index is 0.402. The van der Waals surface area contributed by atoms with Crippen molar-refractivity contribution in [3.05, 3.63) is 53.6 Å². The molecule has 2 aromatic rings. The van der Waals surface area contributed by atoms with Crippen molar-refractivity contribution in [1.29, 1.82) is 0 Å². The van der Waals surface area contributed by atoms with Crippen LogP contribution in [0.4, 0.5) is 5.69 Å². The SMILES string of the molecule is CCOc1ccc(NC(=O)COC(=O)[C@H](C)Oc2ccc(Cl)cc2)cc1. The Morgan fingerprint density at radius 2 is 1.65 bits per heavy atom. The number of nitrogens with one attached hydrogen (secondary N) is 1. The average molecular weight is 378 g/mol. The molecule has 26 heavy (non-hydrogen) atoms. The Morgan fingerprint density at radius 3 is 2.27 bits per heavy atom. The summed E-state index contributed by atoms with van der Waals surface area (Å²) >= 11 is 5.79. The summed E-state index contributed by atoms with van der Waals surface area (Å²) in [4.78, 5) is 23.8. The zero-order valence-electron chi connectivity index (χ0n) is 14.5. The van der Waals surface area contributed by atoms with Gasteiger partial charge in [-0.25, -0.2) is 4.79 Å². The molecule has 0 aliphatic rings. The van der Waals surface area contributed by atoms with Gasteiger partial charge >= 0.3 is 5.97 Å². The van der Waals surface area contributed by atoms with Crippen LogP contribution < -0.4 is 14.8 Å². The molecule has 0 fully saturated rings. The molecule has 0 aromatic heterocycles. The summed E-state index contributed by atoms with van der Waals surface area (Å²) < 4.78 is 15.7. The molecule has 2 aromatic carbocycles. The fraction of sp³-hybridized carbons (Fsp3) is 0.263. The largest absolute Gasteiger partial charge is 0.494 e. The maximum atomic E-state index is 11.9. The Labute approximate surface area is 157 Å². The van der Waals surface area contributed by atoms with E-state index in [1.165, 1.54) is 0 Å². The second-order valence-electron chi connectivity index (χ2n) is 5.33. The van der Waals surface area contributed by atoms with Crippen LogP contribution in [0.25, 0.3) is 0 Å². The number of amides is 1. The van der Waals surface area contributed by atoms with Crippen LogP contribution in [0, 0.1) is 0 Å². The van der Waals surface area contributed by atoms with E-state index < -0.39 is 24.6 Å². The molecule has 0 saturated carbocycles. The van der Waals surface area contributed by atoms with Crippen LogP contribution in [0.3, 0.4) is 0 Å². The highest BCUT2D eigenvalue weighted by Crippen LogP contribution is 2.17. The summed E-state index contributed by atoms with van der Waals surface area (Å²) in [5, 5.41) is 3.20. The zero-order chi connectivity index (χ0) is 18.9. The quantitative estimate of drug-likeness (QED) is 0.710. The number of carbonyl (C=O) groups excluding carboxylic acids is 2. The Hall–Kier alpha value is -2.73. The number of ether oxygens (including phenoxy) is 3. The number of hydrogen-bond donors (Lipinski definition) is 1. The van der Waals surface area contributed by atoms with Crippen molar-refractivity contribution in [1.82, 2.24) is 0 Å². The number of esters is 1. The normalized spacial score (nSPS) is 11.3. The van der Waals surface area contributed by atoms with E-state index in [2.05, 4.69) is 5.32 Å². The van der Waals surface area contributed by atoms with Gasteiger partial charge in [0.25, 0.3) is 5.91 Å². The first-order chi connectivity index (χ1) is 12.5. The third-order valence-electron chi connectivity index (χ3n) is 3.25. The first kappa shape index (κ1) is 19.6. The molecule has 7 heteroatoms. The summed E-state index contributed by atoms with van der Waals surface area (Å²) in [7, 11) is 0. The lowest BCUT2D eigenvalue weighted by molar-refractivity contribution is -0.153. The predicted molar refractivity (Wildman–Crippen MR) is 98.7 cm³/mol. The Balaban J connectivity index is 1.76. The molecule has 1 N–H and O–H groups in total. The second kappa shape index (κ2) is 9.68. The lowest BCUT2D eigenvalue weighted by Crippen LogP contribution is -2.29. The smallest absolute Gasteiger partial charge is 0.347 e. The Bertz CT molecular complexity index is 731. The minimum atomic E-state index is -0.852. The molecule has 0 radical (unpaired) electrons. The van der Waals surface area contributed by atoms with Gasteiger partial charge < -0.3 is 19.5 Å². The molecule has 1 atom stereocenters. The summed E-state index contributed by atoms with van der Waals surface area (Å²) in [6, 6.07) is 13.5. The maximum Gasteiger partial charge on any atom is 0.347 e. The van der Waals surface area contributed by atoms with Crippen molar-refractivity contribution < 1.29 is 23.8 Å². The molecule has 0 unspecified atom stereocenters. The van der Waals surface area contributed by atoms with Crippen molar-refractivity contribution in [2.24, 2.45) is 0 Å². The Kier molecular flexibility index (Phi) is 7.29. The van der Waals surface area contributed by atoms with Crippen LogP contribution in [0.15, 0.2) is 48.5 Å². The Morgan fingerprint density at radius 1 is 1.04 bits per heavy atom. The van der Waals surface area contributed by atoms with E-state index in [0.717, 1.165) is 0 Å². The van der Waals surface area contributed by atoms with Crippen molar-refractivity contribution >= 4 is 29.2 Å². The van der Waals surface area contributed by atoms with Crippen LogP contribution in [0.2, 0.25) is 5.02 Å². The molecule has 0 aliphatic heterocycles. The summed E-state index contributed by atoms with van der Waals surface area (Å²) in [6.45, 7) is 3.60. The fourth-order valence-electron chi connectivity index (χ4n) is 2.02. The highest BCUT2D eigenvalue weighted by Gasteiger charge is 2.18. The summed E-state index contributed by atoms with van der Waals surface area (Å²) in [5.74, 6) is 0.116. The number of anilines is 1. The van der Waals surface area contributed by atoms with Gasteiger partial charge in [-0.3, -0.25) is 4.79 Å². The van der Waals surface area contributed by atoms with Crippen LogP contribution >= 0.6 is 11.6 Å². The van der Waals surface area contributed by atoms with E-state index in [1.807, 2.05) is 6.92 Å². The van der Waals surface area contributed by atoms with Crippen molar-refractivity contribution in [2.45, 2.75) is 20.0 Å². The van der Waals surface area contributed by atoms with Gasteiger partial charge in [0.2, 0.25) is 0 Å². The highest BCUT2D eigenvalue weighted by atomic mass is 35.5. The van der Waals surface area contributed by atoms with Crippen molar-refractivity contribution in [3.63, 3.8) is 0 Å². The van der Waals surface area contributed by atoms with Gasteiger partial charge in [-0.05, 0) is 62.4 Å². The second-order valence-corrected chi connectivity index (χ2v) is 5.76. The minimum Gasteiger partial charge on any atom is -0.494 e. The highest BCUT2D eigenvalue weighted by molar-refractivity contribution is 6.30. The van der Waals surface area contributed by atoms with Gasteiger partial charge in [-0.1, -0.05) is 11.6 Å². The molecular weight excluding hydrogens is 358 g/mol. The van der Waals surface area contributed by atoms with Gasteiger partial charge in [0.15, 0.2) is 12.7 Å². The summed E-state index contributed by atoms with van der Waals surface area (Å²) in [5.41, 5.74) is 0.583. The van der Waals surface area contributed by atoms with E-state index in [4.69, 9.17) is 25.8 Å². The van der Waals surface area contributed by atoms with Gasteiger partial charge in [-0.2, -0.15) is 0 Å². The van der Waals surface area contributed by atoms with Crippen LogP contribution in [-0.2, 0) is 14.3 Å².